The lowest BCUT2D eigenvalue weighted by atomic mass is 9.79. The Morgan fingerprint density at radius 2 is 1.91 bits per heavy atom. The minimum atomic E-state index is -1.05. The molecule has 7 nitrogen and oxygen atoms in total. The van der Waals surface area contributed by atoms with E-state index in [1.165, 1.54) is 0 Å². The monoisotopic (exact) mass is 316 g/mol. The summed E-state index contributed by atoms with van der Waals surface area (Å²) < 4.78 is 34.0. The van der Waals surface area contributed by atoms with Crippen LogP contribution in [0.4, 0.5) is 0 Å². The van der Waals surface area contributed by atoms with E-state index in [-0.39, 0.29) is 25.3 Å². The van der Waals surface area contributed by atoms with Gasteiger partial charge in [0.25, 0.3) is 0 Å². The molecule has 0 N–H and O–H groups in total. The van der Waals surface area contributed by atoms with Gasteiger partial charge in [0.05, 0.1) is 12.7 Å². The van der Waals surface area contributed by atoms with Gasteiger partial charge in [0, 0.05) is 13.5 Å². The Hall–Kier alpha value is -0.570. The van der Waals surface area contributed by atoms with E-state index in [0.29, 0.717) is 6.42 Å². The number of rotatable bonds is 3. The first-order valence-corrected chi connectivity index (χ1v) is 7.53. The topological polar surface area (TPSA) is 72.5 Å². The number of carbonyl (C=O) groups is 1. The Morgan fingerprint density at radius 1 is 1.18 bits per heavy atom. The van der Waals surface area contributed by atoms with Crippen LogP contribution in [0.15, 0.2) is 0 Å². The van der Waals surface area contributed by atoms with Gasteiger partial charge in [-0.05, 0) is 27.7 Å². The van der Waals surface area contributed by atoms with Crippen molar-refractivity contribution in [2.24, 2.45) is 0 Å². The second kappa shape index (κ2) is 5.22. The summed E-state index contributed by atoms with van der Waals surface area (Å²) in [5.74, 6) is -1.77. The molecule has 0 amide bonds. The second-order valence-electron chi connectivity index (χ2n) is 6.99. The molecule has 1 aliphatic carbocycles. The Bertz CT molecular complexity index is 461. The molecule has 1 spiro atoms. The third-order valence-electron chi connectivity index (χ3n) is 4.23. The van der Waals surface area contributed by atoms with Gasteiger partial charge in [0.15, 0.2) is 29.1 Å². The van der Waals surface area contributed by atoms with Crippen molar-refractivity contribution in [2.45, 2.75) is 69.6 Å². The van der Waals surface area contributed by atoms with Gasteiger partial charge in [-0.2, -0.15) is 0 Å². The molecule has 7 heteroatoms. The Kier molecular flexibility index (Phi) is 3.87. The van der Waals surface area contributed by atoms with Crippen LogP contribution in [0.2, 0.25) is 0 Å². The predicted molar refractivity (Wildman–Crippen MR) is 74.0 cm³/mol. The van der Waals surface area contributed by atoms with Crippen LogP contribution in [0.5, 0.6) is 0 Å². The van der Waals surface area contributed by atoms with E-state index < -0.39 is 29.4 Å². The average molecular weight is 316 g/mol. The number of methoxy groups -OCH3 is 1. The van der Waals surface area contributed by atoms with Crippen LogP contribution in [-0.4, -0.2) is 61.8 Å². The summed E-state index contributed by atoms with van der Waals surface area (Å²) in [5, 5.41) is 0. The normalized spacial score (nSPS) is 42.8. The minimum Gasteiger partial charge on any atom is -0.359 e. The number of ether oxygens (including phenoxy) is 6. The van der Waals surface area contributed by atoms with Crippen LogP contribution in [0.25, 0.3) is 0 Å². The Balaban J connectivity index is 1.88. The van der Waals surface area contributed by atoms with Crippen molar-refractivity contribution in [3.05, 3.63) is 0 Å². The van der Waals surface area contributed by atoms with Gasteiger partial charge in [-0.25, -0.2) is 0 Å². The highest BCUT2D eigenvalue weighted by molar-refractivity contribution is 5.93. The van der Waals surface area contributed by atoms with Crippen LogP contribution in [0, 0.1) is 0 Å². The molecule has 0 unspecified atom stereocenters. The van der Waals surface area contributed by atoms with E-state index >= 15 is 0 Å². The Labute approximate surface area is 130 Å². The molecule has 0 radical (unpaired) electrons. The molecular formula is C15H24O7. The third kappa shape index (κ3) is 2.70. The maximum absolute atomic E-state index is 12.9. The molecule has 1 saturated carbocycles. The minimum absolute atomic E-state index is 0.117. The molecule has 2 saturated heterocycles. The second-order valence-corrected chi connectivity index (χ2v) is 6.99. The van der Waals surface area contributed by atoms with E-state index in [1.54, 1.807) is 34.8 Å². The molecule has 3 rings (SSSR count). The van der Waals surface area contributed by atoms with Crippen LogP contribution in [0.3, 0.4) is 0 Å². The van der Waals surface area contributed by atoms with Gasteiger partial charge in [-0.1, -0.05) is 0 Å². The molecule has 2 heterocycles. The largest absolute Gasteiger partial charge is 0.359 e. The number of hydrogen-bond donors (Lipinski definition) is 0. The maximum Gasteiger partial charge on any atom is 0.198 e. The van der Waals surface area contributed by atoms with Crippen molar-refractivity contribution in [2.75, 3.05) is 20.5 Å². The van der Waals surface area contributed by atoms with E-state index in [0.717, 1.165) is 0 Å². The Morgan fingerprint density at radius 3 is 2.50 bits per heavy atom. The van der Waals surface area contributed by atoms with Crippen LogP contribution >= 0.6 is 0 Å². The molecule has 2 aliphatic heterocycles. The summed E-state index contributed by atoms with van der Waals surface area (Å²) >= 11 is 0. The van der Waals surface area contributed by atoms with Crippen LogP contribution < -0.4 is 0 Å². The standard InChI is InChI=1S/C15H24O7/c1-13(2)19-7-15(22-13)6-9(18-8-17-5)10-11(12(15)16)21-14(3,4)20-10/h9-11H,6-8H2,1-5H3/t9-,10-,11-,15+/m1/s1. The highest BCUT2D eigenvalue weighted by Gasteiger charge is 2.64. The van der Waals surface area contributed by atoms with Crippen molar-refractivity contribution >= 4 is 5.78 Å². The summed E-state index contributed by atoms with van der Waals surface area (Å²) in [7, 11) is 1.55. The smallest absolute Gasteiger partial charge is 0.198 e. The fourth-order valence-electron chi connectivity index (χ4n) is 3.42. The molecule has 3 aliphatic rings. The summed E-state index contributed by atoms with van der Waals surface area (Å²) in [4.78, 5) is 12.9. The molecule has 22 heavy (non-hydrogen) atoms. The molecule has 0 aromatic heterocycles. The van der Waals surface area contributed by atoms with Gasteiger partial charge in [-0.15, -0.1) is 0 Å². The summed E-state index contributed by atoms with van der Waals surface area (Å²) in [6, 6.07) is 0. The molecule has 0 aromatic carbocycles. The van der Waals surface area contributed by atoms with E-state index in [9.17, 15) is 4.79 Å². The highest BCUT2D eigenvalue weighted by atomic mass is 16.8. The van der Waals surface area contributed by atoms with Crippen molar-refractivity contribution in [1.82, 2.24) is 0 Å². The van der Waals surface area contributed by atoms with Gasteiger partial charge >= 0.3 is 0 Å². The van der Waals surface area contributed by atoms with Crippen molar-refractivity contribution in [3.8, 4) is 0 Å². The van der Waals surface area contributed by atoms with Crippen molar-refractivity contribution in [1.29, 1.82) is 0 Å². The van der Waals surface area contributed by atoms with Crippen molar-refractivity contribution < 1.29 is 33.2 Å². The van der Waals surface area contributed by atoms with Crippen LogP contribution in [-0.2, 0) is 33.2 Å². The summed E-state index contributed by atoms with van der Waals surface area (Å²) in [5.41, 5.74) is -1.05. The fraction of sp³-hybridized carbons (Fsp3) is 0.933. The first-order chi connectivity index (χ1) is 10.2. The number of fused-ring (bicyclic) bond motifs is 1. The number of Topliss-reactive ketones (excluding diaryl/α,β-unsaturated/α-hetero) is 1. The zero-order valence-electron chi connectivity index (χ0n) is 13.7. The SMILES string of the molecule is COCO[C@@H]1C[C@]2(COC(C)(C)O2)C(=O)[C@@H]2OC(C)(C)O[C@H]12. The van der Waals surface area contributed by atoms with E-state index in [4.69, 9.17) is 28.4 Å². The third-order valence-corrected chi connectivity index (χ3v) is 4.23. The van der Waals surface area contributed by atoms with Gasteiger partial charge < -0.3 is 28.4 Å². The number of ketones is 1. The van der Waals surface area contributed by atoms with Gasteiger partial charge in [0.1, 0.15) is 12.9 Å². The quantitative estimate of drug-likeness (QED) is 0.719. The summed E-state index contributed by atoms with van der Waals surface area (Å²) in [6.45, 7) is 7.47. The lowest BCUT2D eigenvalue weighted by Crippen LogP contribution is -2.61. The first-order valence-electron chi connectivity index (χ1n) is 7.53. The average Bonchev–Trinajstić information content (AvgIpc) is 2.90. The zero-order valence-corrected chi connectivity index (χ0v) is 13.7. The van der Waals surface area contributed by atoms with E-state index in [2.05, 4.69) is 0 Å². The molecule has 4 atom stereocenters. The molecule has 126 valence electrons. The van der Waals surface area contributed by atoms with Crippen molar-refractivity contribution in [3.63, 3.8) is 0 Å². The van der Waals surface area contributed by atoms with Crippen LogP contribution in [0.1, 0.15) is 34.1 Å². The molecule has 3 fully saturated rings. The highest BCUT2D eigenvalue weighted by Crippen LogP contribution is 2.45. The lowest BCUT2D eigenvalue weighted by molar-refractivity contribution is -0.204. The first kappa shape index (κ1) is 16.3. The number of hydrogen-bond acceptors (Lipinski definition) is 7. The lowest BCUT2D eigenvalue weighted by Gasteiger charge is -2.40. The molecular weight excluding hydrogens is 292 g/mol. The van der Waals surface area contributed by atoms with Gasteiger partial charge in [-0.3, -0.25) is 4.79 Å². The predicted octanol–water partition coefficient (Wildman–Crippen LogP) is 0.990. The van der Waals surface area contributed by atoms with Gasteiger partial charge in [0.2, 0.25) is 0 Å². The molecule has 0 bridgehead atoms. The zero-order chi connectivity index (χ0) is 16.2. The number of carbonyl (C=O) groups excluding carboxylic acids is 1. The fourth-order valence-corrected chi connectivity index (χ4v) is 3.42. The maximum atomic E-state index is 12.9. The molecule has 0 aromatic rings. The summed E-state index contributed by atoms with van der Waals surface area (Å²) in [6.07, 6.45) is -1.18. The van der Waals surface area contributed by atoms with E-state index in [1.807, 2.05) is 0 Å².